The van der Waals surface area contributed by atoms with Crippen LogP contribution in [0.2, 0.25) is 0 Å². The van der Waals surface area contributed by atoms with E-state index in [0.29, 0.717) is 0 Å². The average molecular weight is 59.0 g/mol. The number of hydrogen-bond donors (Lipinski definition) is 1. The minimum Gasteiger partial charge on any atom is -0.379 e. The molecular formula is CHNO2. The summed E-state index contributed by atoms with van der Waals surface area (Å²) in [7, 11) is 0. The van der Waals surface area contributed by atoms with Gasteiger partial charge in [0.05, 0.1) is 0 Å². The Morgan fingerprint density at radius 3 is 1.75 bits per heavy atom. The third-order valence-corrected chi connectivity index (χ3v) is 0. The smallest absolute Gasteiger partial charge is 0.152 e. The first-order chi connectivity index (χ1) is 1.41. The molecule has 0 saturated carbocycles. The lowest BCUT2D eigenvalue weighted by Gasteiger charge is -1.32. The Morgan fingerprint density at radius 2 is 1.75 bits per heavy atom. The predicted molar refractivity (Wildman–Crippen MR) is 10.8 cm³/mol. The van der Waals surface area contributed by atoms with Gasteiger partial charge in [0.2, 0.25) is 0 Å². The number of hydrogen-bond acceptors (Lipinski definition) is 2. The zero-order valence-corrected chi connectivity index (χ0v) is 1.80. The molecule has 0 atom stereocenters. The van der Waals surface area contributed by atoms with Gasteiger partial charge in [-0.15, -0.1) is 4.91 Å². The topological polar surface area (TPSA) is 49.7 Å². The van der Waals surface area contributed by atoms with Crippen molar-refractivity contribution in [1.29, 1.82) is 0 Å². The van der Waals surface area contributed by atoms with Crippen LogP contribution in [-0.4, -0.2) is 5.21 Å². The van der Waals surface area contributed by atoms with Crippen molar-refractivity contribution in [2.24, 2.45) is 5.34 Å². The molecule has 0 amide bonds. The standard InChI is InChI=1S/C.HNO2/c;2-1-3/h;(H,2,3). The van der Waals surface area contributed by atoms with Crippen molar-refractivity contribution in [2.45, 2.75) is 0 Å². The van der Waals surface area contributed by atoms with Gasteiger partial charge in [-0.25, -0.2) is 0 Å². The zero-order chi connectivity index (χ0) is 2.71. The van der Waals surface area contributed by atoms with Crippen molar-refractivity contribution in [3.63, 3.8) is 0 Å². The van der Waals surface area contributed by atoms with Gasteiger partial charge in [-0.2, -0.15) is 0 Å². The highest BCUT2D eigenvalue weighted by Gasteiger charge is 1.18. The number of nitrogens with zero attached hydrogens (tertiary/aromatic N) is 1. The van der Waals surface area contributed by atoms with Crippen molar-refractivity contribution < 1.29 is 5.21 Å². The molecule has 0 aromatic carbocycles. The van der Waals surface area contributed by atoms with Crippen LogP contribution < -0.4 is 0 Å². The Balaban J connectivity index is 0. The van der Waals surface area contributed by atoms with Crippen molar-refractivity contribution in [3.05, 3.63) is 12.3 Å². The van der Waals surface area contributed by atoms with E-state index >= 15 is 0 Å². The normalized spacial score (nSPS) is 3.00. The zero-order valence-electron chi connectivity index (χ0n) is 1.80. The lowest BCUT2D eigenvalue weighted by Crippen LogP contribution is -1.25. The molecule has 0 aromatic rings. The molecule has 0 bridgehead atoms. The van der Waals surface area contributed by atoms with Crippen molar-refractivity contribution in [2.75, 3.05) is 0 Å². The Bertz CT molecular complexity index is 13.5. The van der Waals surface area contributed by atoms with E-state index in [0.717, 1.165) is 0 Å². The Kier molecular flexibility index (Phi) is 73.4. The van der Waals surface area contributed by atoms with Crippen LogP contribution in [-0.2, 0) is 0 Å². The molecule has 22 valence electrons. The number of rotatable bonds is 0. The van der Waals surface area contributed by atoms with E-state index in [1.807, 2.05) is 0 Å². The first-order valence-corrected chi connectivity index (χ1v) is 0.383. The molecular weight excluding hydrogens is 58.0 g/mol. The SMILES string of the molecule is O=NO.[C]. The highest BCUT2D eigenvalue weighted by Crippen LogP contribution is 1.25. The second-order valence-corrected chi connectivity index (χ2v) is 0.0816. The van der Waals surface area contributed by atoms with E-state index < -0.39 is 0 Å². The molecule has 0 aromatic heterocycles. The van der Waals surface area contributed by atoms with Gasteiger partial charge in [0.25, 0.3) is 0 Å². The van der Waals surface area contributed by atoms with Gasteiger partial charge in [-0.3, -0.25) is 0 Å². The van der Waals surface area contributed by atoms with E-state index in [-0.39, 0.29) is 7.43 Å². The molecule has 4 radical (unpaired) electrons. The van der Waals surface area contributed by atoms with Crippen LogP contribution >= 0.6 is 0 Å². The molecule has 0 rings (SSSR count). The second kappa shape index (κ2) is 29.4. The fourth-order valence-corrected chi connectivity index (χ4v) is 0. The first-order valence-electron chi connectivity index (χ1n) is 0.383. The monoisotopic (exact) mass is 59.0 g/mol. The Hall–Kier alpha value is -0.600. The summed E-state index contributed by atoms with van der Waals surface area (Å²) in [5.74, 6) is 0. The molecule has 0 unspecified atom stereocenters. The molecule has 0 aliphatic heterocycles. The summed E-state index contributed by atoms with van der Waals surface area (Å²) in [6.45, 7) is 0. The predicted octanol–water partition coefficient (Wildman–Crippen LogP) is 0.223. The Labute approximate surface area is 24.2 Å². The van der Waals surface area contributed by atoms with Crippen LogP contribution in [0.3, 0.4) is 0 Å². The third kappa shape index (κ3) is 0.622. The van der Waals surface area contributed by atoms with E-state index in [9.17, 15) is 0 Å². The molecule has 0 heterocycles. The van der Waals surface area contributed by atoms with Gasteiger partial charge in [0, 0.05) is 7.43 Å². The van der Waals surface area contributed by atoms with Crippen molar-refractivity contribution in [1.82, 2.24) is 0 Å². The summed E-state index contributed by atoms with van der Waals surface area (Å²) in [6, 6.07) is 0. The average Bonchev–Trinajstić information content (AvgIpc) is 0.918. The fourth-order valence-electron chi connectivity index (χ4n) is 0. The van der Waals surface area contributed by atoms with Gasteiger partial charge < -0.3 is 5.21 Å². The van der Waals surface area contributed by atoms with Gasteiger partial charge >= 0.3 is 0 Å². The van der Waals surface area contributed by atoms with E-state index in [2.05, 4.69) is 0 Å². The maximum atomic E-state index is 8.11. The highest BCUT2D eigenvalue weighted by molar-refractivity contribution is 3.83. The van der Waals surface area contributed by atoms with E-state index in [4.69, 9.17) is 10.1 Å². The van der Waals surface area contributed by atoms with Crippen molar-refractivity contribution in [3.8, 4) is 0 Å². The van der Waals surface area contributed by atoms with Crippen LogP contribution in [0.25, 0.3) is 0 Å². The van der Waals surface area contributed by atoms with Crippen LogP contribution in [0.5, 0.6) is 0 Å². The maximum Gasteiger partial charge on any atom is 0.152 e. The summed E-state index contributed by atoms with van der Waals surface area (Å²) in [4.78, 5) is 8.11. The summed E-state index contributed by atoms with van der Waals surface area (Å²) < 4.78 is 0. The van der Waals surface area contributed by atoms with Crippen LogP contribution in [0.15, 0.2) is 5.34 Å². The maximum absolute atomic E-state index is 8.11. The molecule has 1 N–H and O–H groups in total. The molecule has 0 saturated heterocycles. The summed E-state index contributed by atoms with van der Waals surface area (Å²) in [5, 5.41) is 7.89. The van der Waals surface area contributed by atoms with Gasteiger partial charge in [-0.05, 0) is 0 Å². The molecule has 3 heteroatoms. The highest BCUT2D eigenvalue weighted by atomic mass is 16.6. The minimum atomic E-state index is 0. The largest absolute Gasteiger partial charge is 0.379 e. The van der Waals surface area contributed by atoms with Crippen molar-refractivity contribution >= 4 is 0 Å². The summed E-state index contributed by atoms with van der Waals surface area (Å²) in [6.07, 6.45) is 0. The van der Waals surface area contributed by atoms with E-state index in [1.54, 1.807) is 0 Å². The van der Waals surface area contributed by atoms with Crippen LogP contribution in [0.1, 0.15) is 0 Å². The quantitative estimate of drug-likeness (QED) is 0.320. The Morgan fingerprint density at radius 1 is 1.75 bits per heavy atom. The van der Waals surface area contributed by atoms with Gasteiger partial charge in [-0.1, -0.05) is 0 Å². The molecule has 0 aliphatic carbocycles. The van der Waals surface area contributed by atoms with Crippen LogP contribution in [0, 0.1) is 12.3 Å². The summed E-state index contributed by atoms with van der Waals surface area (Å²) in [5.41, 5.74) is 0. The lowest BCUT2D eigenvalue weighted by molar-refractivity contribution is 0.312. The third-order valence-electron chi connectivity index (χ3n) is 0. The van der Waals surface area contributed by atoms with E-state index in [1.165, 1.54) is 5.34 Å². The molecule has 0 aliphatic rings. The lowest BCUT2D eigenvalue weighted by atomic mass is 12.0. The van der Waals surface area contributed by atoms with Crippen LogP contribution in [0.4, 0.5) is 0 Å². The van der Waals surface area contributed by atoms with Gasteiger partial charge in [0.15, 0.2) is 5.34 Å². The van der Waals surface area contributed by atoms with Gasteiger partial charge in [0.1, 0.15) is 0 Å². The first kappa shape index (κ1) is 9.99. The molecule has 0 spiro atoms. The second-order valence-electron chi connectivity index (χ2n) is 0.0816. The molecule has 4 heavy (non-hydrogen) atoms. The summed E-state index contributed by atoms with van der Waals surface area (Å²) >= 11 is 0. The minimum absolute atomic E-state index is 0. The fraction of sp³-hybridized carbons (Fsp3) is 0. The molecule has 3 nitrogen and oxygen atoms in total. The molecule has 0 fully saturated rings.